The summed E-state index contributed by atoms with van der Waals surface area (Å²) in [6.45, 7) is 2.14. The molecule has 8 heteroatoms. The zero-order valence-electron chi connectivity index (χ0n) is 17.5. The number of para-hydroxylation sites is 2. The molecule has 1 fully saturated rings. The predicted octanol–water partition coefficient (Wildman–Crippen LogP) is 5.21. The van der Waals surface area contributed by atoms with E-state index in [1.807, 2.05) is 0 Å². The minimum absolute atomic E-state index is 0.000988. The molecule has 4 rings (SSSR count). The summed E-state index contributed by atoms with van der Waals surface area (Å²) in [5.41, 5.74) is -0.331. The zero-order valence-corrected chi connectivity index (χ0v) is 18.2. The number of hydrogen-bond acceptors (Lipinski definition) is 5. The van der Waals surface area contributed by atoms with Gasteiger partial charge in [-0.1, -0.05) is 41.9 Å². The van der Waals surface area contributed by atoms with Crippen LogP contribution in [0.2, 0.25) is 5.02 Å². The molecule has 0 aromatic heterocycles. The molecule has 3 aromatic carbocycles. The molecule has 0 saturated carbocycles. The number of phenols is 1. The van der Waals surface area contributed by atoms with Crippen LogP contribution in [-0.4, -0.2) is 28.5 Å². The molecule has 3 aromatic rings. The smallest absolute Gasteiger partial charge is 0.300 e. The number of amides is 1. The van der Waals surface area contributed by atoms with Crippen molar-refractivity contribution in [2.24, 2.45) is 0 Å². The molecule has 2 N–H and O–H groups in total. The summed E-state index contributed by atoms with van der Waals surface area (Å²) >= 11 is 6.28. The maximum atomic E-state index is 14.9. The second-order valence-corrected chi connectivity index (χ2v) is 7.66. The Bertz CT molecular complexity index is 1290. The minimum atomic E-state index is -1.34. The molecule has 1 aliphatic heterocycles. The zero-order chi connectivity index (χ0) is 23.7. The van der Waals surface area contributed by atoms with Gasteiger partial charge >= 0.3 is 0 Å². The molecule has 1 heterocycles. The van der Waals surface area contributed by atoms with Crippen molar-refractivity contribution in [1.29, 1.82) is 0 Å². The maximum Gasteiger partial charge on any atom is 0.300 e. The van der Waals surface area contributed by atoms with Gasteiger partial charge < -0.3 is 14.9 Å². The van der Waals surface area contributed by atoms with E-state index in [-0.39, 0.29) is 33.2 Å². The first-order valence-corrected chi connectivity index (χ1v) is 10.5. The van der Waals surface area contributed by atoms with Crippen molar-refractivity contribution < 1.29 is 28.9 Å². The summed E-state index contributed by atoms with van der Waals surface area (Å²) in [5, 5.41) is 21.7. The molecule has 0 bridgehead atoms. The van der Waals surface area contributed by atoms with Crippen LogP contribution in [-0.2, 0) is 9.59 Å². The number of aliphatic hydroxyl groups is 1. The normalized spacial score (nSPS) is 17.4. The molecule has 1 amide bonds. The van der Waals surface area contributed by atoms with Crippen molar-refractivity contribution in [2.45, 2.75) is 13.0 Å². The summed E-state index contributed by atoms with van der Waals surface area (Å²) in [4.78, 5) is 27.2. The molecule has 168 valence electrons. The van der Waals surface area contributed by atoms with Crippen molar-refractivity contribution in [3.8, 4) is 11.5 Å². The lowest BCUT2D eigenvalue weighted by Crippen LogP contribution is -2.29. The van der Waals surface area contributed by atoms with Crippen molar-refractivity contribution in [2.75, 3.05) is 11.5 Å². The highest BCUT2D eigenvalue weighted by Crippen LogP contribution is 2.46. The Morgan fingerprint density at radius 3 is 2.48 bits per heavy atom. The molecule has 0 radical (unpaired) electrons. The molecular formula is C25H19ClFNO5. The van der Waals surface area contributed by atoms with Crippen molar-refractivity contribution in [1.82, 2.24) is 0 Å². The van der Waals surface area contributed by atoms with E-state index in [2.05, 4.69) is 0 Å². The number of aromatic hydroxyl groups is 1. The van der Waals surface area contributed by atoms with Crippen molar-refractivity contribution >= 4 is 34.7 Å². The van der Waals surface area contributed by atoms with Gasteiger partial charge in [0.05, 0.1) is 28.9 Å². The lowest BCUT2D eigenvalue weighted by molar-refractivity contribution is -0.132. The Hall–Kier alpha value is -3.84. The third-order valence-corrected chi connectivity index (χ3v) is 5.62. The van der Waals surface area contributed by atoms with Gasteiger partial charge in [-0.3, -0.25) is 14.5 Å². The number of anilines is 1. The number of Topliss-reactive ketones (excluding diaryl/α,β-unsaturated/α-hetero) is 1. The van der Waals surface area contributed by atoms with Gasteiger partial charge in [-0.15, -0.1) is 0 Å². The molecule has 1 atom stereocenters. The summed E-state index contributed by atoms with van der Waals surface area (Å²) in [7, 11) is 0. The van der Waals surface area contributed by atoms with Gasteiger partial charge in [0.25, 0.3) is 11.7 Å². The standard InChI is InChI=1S/C25H19ClFNO5/c1-2-33-14-11-12-17(26)16(13-14)23(30)21-22(15-7-3-4-8-18(15)27)28(25(32)24(21)31)19-9-5-6-10-20(19)29/h3-13,22,29-30H,2H2,1H3/b23-21+. The summed E-state index contributed by atoms with van der Waals surface area (Å²) in [6, 6.07) is 14.7. The number of hydrogen-bond donors (Lipinski definition) is 2. The van der Waals surface area contributed by atoms with Gasteiger partial charge in [-0.2, -0.15) is 0 Å². The molecule has 33 heavy (non-hydrogen) atoms. The topological polar surface area (TPSA) is 87.1 Å². The molecule has 1 unspecified atom stereocenters. The number of ketones is 1. The number of halogens is 2. The number of ether oxygens (including phenoxy) is 1. The Labute approximate surface area is 194 Å². The average Bonchev–Trinajstić information content (AvgIpc) is 3.06. The quantitative estimate of drug-likeness (QED) is 0.305. The Morgan fingerprint density at radius 1 is 1.09 bits per heavy atom. The number of phenolic OH excluding ortho intramolecular Hbond substituents is 1. The van der Waals surface area contributed by atoms with Crippen LogP contribution in [0.5, 0.6) is 11.5 Å². The van der Waals surface area contributed by atoms with E-state index in [1.54, 1.807) is 31.2 Å². The summed E-state index contributed by atoms with van der Waals surface area (Å²) < 4.78 is 20.4. The third-order valence-electron chi connectivity index (χ3n) is 5.29. The maximum absolute atomic E-state index is 14.9. The van der Waals surface area contributed by atoms with Gasteiger partial charge in [0.15, 0.2) is 0 Å². The Balaban J connectivity index is 2.00. The second-order valence-electron chi connectivity index (χ2n) is 7.25. The number of benzene rings is 3. The molecule has 6 nitrogen and oxygen atoms in total. The van der Waals surface area contributed by atoms with Crippen LogP contribution < -0.4 is 9.64 Å². The van der Waals surface area contributed by atoms with Gasteiger partial charge in [0, 0.05) is 11.1 Å². The number of aliphatic hydroxyl groups excluding tert-OH is 1. The molecule has 1 saturated heterocycles. The molecule has 0 aliphatic carbocycles. The Kier molecular flexibility index (Phi) is 6.07. The van der Waals surface area contributed by atoms with E-state index in [0.717, 1.165) is 4.90 Å². The van der Waals surface area contributed by atoms with E-state index in [9.17, 15) is 24.2 Å². The first kappa shape index (κ1) is 22.4. The Morgan fingerprint density at radius 2 is 1.79 bits per heavy atom. The SMILES string of the molecule is CCOc1ccc(Cl)c(/C(O)=C2\C(=O)C(=O)N(c3ccccc3O)C2c2ccccc2F)c1. The van der Waals surface area contributed by atoms with Crippen LogP contribution in [0, 0.1) is 5.82 Å². The van der Waals surface area contributed by atoms with E-state index < -0.39 is 29.3 Å². The minimum Gasteiger partial charge on any atom is -0.507 e. The first-order chi connectivity index (χ1) is 15.8. The van der Waals surface area contributed by atoms with E-state index in [4.69, 9.17) is 16.3 Å². The highest BCUT2D eigenvalue weighted by Gasteiger charge is 2.48. The van der Waals surface area contributed by atoms with Crippen LogP contribution in [0.3, 0.4) is 0 Å². The number of carbonyl (C=O) groups excluding carboxylic acids is 2. The third kappa shape index (κ3) is 3.91. The molecule has 1 aliphatic rings. The van der Waals surface area contributed by atoms with Gasteiger partial charge in [0.2, 0.25) is 0 Å². The number of nitrogens with zero attached hydrogens (tertiary/aromatic N) is 1. The predicted molar refractivity (Wildman–Crippen MR) is 122 cm³/mol. The van der Waals surface area contributed by atoms with Gasteiger partial charge in [-0.25, -0.2) is 4.39 Å². The molecular weight excluding hydrogens is 449 g/mol. The van der Waals surface area contributed by atoms with Gasteiger partial charge in [0.1, 0.15) is 23.1 Å². The summed E-state index contributed by atoms with van der Waals surface area (Å²) in [5.74, 6) is -3.22. The molecule has 0 spiro atoms. The first-order valence-electron chi connectivity index (χ1n) is 10.1. The lowest BCUT2D eigenvalue weighted by atomic mass is 9.94. The lowest BCUT2D eigenvalue weighted by Gasteiger charge is -2.26. The van der Waals surface area contributed by atoms with Crippen LogP contribution in [0.4, 0.5) is 10.1 Å². The van der Waals surface area contributed by atoms with Crippen LogP contribution >= 0.6 is 11.6 Å². The fraction of sp³-hybridized carbons (Fsp3) is 0.120. The van der Waals surface area contributed by atoms with Crippen molar-refractivity contribution in [3.63, 3.8) is 0 Å². The van der Waals surface area contributed by atoms with Crippen LogP contribution in [0.15, 0.2) is 72.3 Å². The highest BCUT2D eigenvalue weighted by atomic mass is 35.5. The van der Waals surface area contributed by atoms with E-state index in [1.165, 1.54) is 42.5 Å². The van der Waals surface area contributed by atoms with Crippen LogP contribution in [0.1, 0.15) is 24.1 Å². The summed E-state index contributed by atoms with van der Waals surface area (Å²) in [6.07, 6.45) is 0. The van der Waals surface area contributed by atoms with Crippen molar-refractivity contribution in [3.05, 3.63) is 94.3 Å². The van der Waals surface area contributed by atoms with E-state index in [0.29, 0.717) is 12.4 Å². The fourth-order valence-corrected chi connectivity index (χ4v) is 4.03. The number of rotatable bonds is 5. The second kappa shape index (κ2) is 8.96. The van der Waals surface area contributed by atoms with E-state index >= 15 is 0 Å². The monoisotopic (exact) mass is 467 g/mol. The van der Waals surface area contributed by atoms with Gasteiger partial charge in [-0.05, 0) is 43.3 Å². The number of carbonyl (C=O) groups is 2. The largest absolute Gasteiger partial charge is 0.507 e. The van der Waals surface area contributed by atoms with Crippen LogP contribution in [0.25, 0.3) is 5.76 Å². The highest BCUT2D eigenvalue weighted by molar-refractivity contribution is 6.52. The average molecular weight is 468 g/mol. The fourth-order valence-electron chi connectivity index (χ4n) is 3.83.